The van der Waals surface area contributed by atoms with Gasteiger partial charge in [0.25, 0.3) is 0 Å². The molecule has 2 heterocycles. The van der Waals surface area contributed by atoms with E-state index in [4.69, 9.17) is 0 Å². The molecule has 1 aromatic carbocycles. The van der Waals surface area contributed by atoms with Crippen LogP contribution in [0.25, 0.3) is 5.69 Å². The molecule has 0 amide bonds. The van der Waals surface area contributed by atoms with Crippen molar-refractivity contribution in [2.45, 2.75) is 6.54 Å². The number of benzene rings is 1. The highest BCUT2D eigenvalue weighted by atomic mass is 16.1. The second-order valence-electron chi connectivity index (χ2n) is 4.65. The topological polar surface area (TPSA) is 54.8 Å². The predicted molar refractivity (Wildman–Crippen MR) is 79.1 cm³/mol. The van der Waals surface area contributed by atoms with Crippen molar-refractivity contribution >= 4 is 5.69 Å². The van der Waals surface area contributed by atoms with Gasteiger partial charge in [0, 0.05) is 37.0 Å². The number of aryl methyl sites for hydroxylation is 1. The SMILES string of the molecule is Cn1cccc1CNc1ccc(-n2cc[nH]c2=O)cc1. The quantitative estimate of drug-likeness (QED) is 0.761. The summed E-state index contributed by atoms with van der Waals surface area (Å²) in [6, 6.07) is 11.9. The summed E-state index contributed by atoms with van der Waals surface area (Å²) in [7, 11) is 2.03. The third-order valence-electron chi connectivity index (χ3n) is 3.32. The summed E-state index contributed by atoms with van der Waals surface area (Å²) in [5.41, 5.74) is 2.96. The van der Waals surface area contributed by atoms with Crippen LogP contribution in [0.4, 0.5) is 5.69 Å². The van der Waals surface area contributed by atoms with E-state index in [1.807, 2.05) is 43.6 Å². The zero-order chi connectivity index (χ0) is 13.9. The van der Waals surface area contributed by atoms with Gasteiger partial charge in [0.15, 0.2) is 0 Å². The van der Waals surface area contributed by atoms with Crippen molar-refractivity contribution in [3.05, 3.63) is 71.2 Å². The first-order valence-corrected chi connectivity index (χ1v) is 6.44. The lowest BCUT2D eigenvalue weighted by atomic mass is 10.2. The van der Waals surface area contributed by atoms with Gasteiger partial charge in [-0.25, -0.2) is 4.79 Å². The molecule has 0 atom stereocenters. The van der Waals surface area contributed by atoms with E-state index in [0.717, 1.165) is 17.9 Å². The Morgan fingerprint density at radius 3 is 2.55 bits per heavy atom. The molecule has 0 aliphatic carbocycles. The van der Waals surface area contributed by atoms with E-state index in [0.29, 0.717) is 0 Å². The highest BCUT2D eigenvalue weighted by molar-refractivity contribution is 5.48. The van der Waals surface area contributed by atoms with Crippen LogP contribution >= 0.6 is 0 Å². The Labute approximate surface area is 116 Å². The first-order valence-electron chi connectivity index (χ1n) is 6.44. The third-order valence-corrected chi connectivity index (χ3v) is 3.32. The summed E-state index contributed by atoms with van der Waals surface area (Å²) in [6.45, 7) is 0.771. The van der Waals surface area contributed by atoms with Gasteiger partial charge in [-0.05, 0) is 36.4 Å². The van der Waals surface area contributed by atoms with Gasteiger partial charge in [0.2, 0.25) is 0 Å². The number of nitrogens with zero attached hydrogens (tertiary/aromatic N) is 2. The van der Waals surface area contributed by atoms with Gasteiger partial charge < -0.3 is 14.9 Å². The molecular weight excluding hydrogens is 252 g/mol. The Morgan fingerprint density at radius 2 is 1.95 bits per heavy atom. The highest BCUT2D eigenvalue weighted by Crippen LogP contribution is 2.13. The van der Waals surface area contributed by atoms with Crippen molar-refractivity contribution in [1.29, 1.82) is 0 Å². The van der Waals surface area contributed by atoms with Crippen molar-refractivity contribution in [2.24, 2.45) is 7.05 Å². The fourth-order valence-electron chi connectivity index (χ4n) is 2.14. The molecule has 2 aromatic heterocycles. The summed E-state index contributed by atoms with van der Waals surface area (Å²) in [5, 5.41) is 3.36. The molecule has 0 radical (unpaired) electrons. The summed E-state index contributed by atoms with van der Waals surface area (Å²) in [5.74, 6) is 0. The molecule has 0 saturated heterocycles. The van der Waals surface area contributed by atoms with Crippen LogP contribution in [0.15, 0.2) is 59.8 Å². The molecule has 2 N–H and O–H groups in total. The Bertz CT molecular complexity index is 749. The van der Waals surface area contributed by atoms with Gasteiger partial charge in [0.05, 0.1) is 12.2 Å². The van der Waals surface area contributed by atoms with Crippen LogP contribution in [-0.4, -0.2) is 14.1 Å². The Kier molecular flexibility index (Phi) is 3.16. The molecule has 0 fully saturated rings. The molecule has 102 valence electrons. The summed E-state index contributed by atoms with van der Waals surface area (Å²) >= 11 is 0. The summed E-state index contributed by atoms with van der Waals surface area (Å²) in [6.07, 6.45) is 5.37. The molecule has 5 heteroatoms. The number of hydrogen-bond donors (Lipinski definition) is 2. The number of hydrogen-bond acceptors (Lipinski definition) is 2. The largest absolute Gasteiger partial charge is 0.379 e. The van der Waals surface area contributed by atoms with E-state index < -0.39 is 0 Å². The Balaban J connectivity index is 1.72. The first kappa shape index (κ1) is 12.3. The first-order chi connectivity index (χ1) is 9.74. The molecule has 3 rings (SSSR count). The number of H-pyrrole nitrogens is 1. The lowest BCUT2D eigenvalue weighted by Gasteiger charge is -2.08. The number of rotatable bonds is 4. The molecule has 20 heavy (non-hydrogen) atoms. The standard InChI is InChI=1S/C15H16N4O/c1-18-9-2-3-14(18)11-17-12-4-6-13(7-5-12)19-10-8-16-15(19)20/h2-10,17H,11H2,1H3,(H,16,20). The average molecular weight is 268 g/mol. The highest BCUT2D eigenvalue weighted by Gasteiger charge is 2.01. The van der Waals surface area contributed by atoms with Crippen LogP contribution < -0.4 is 11.0 Å². The number of anilines is 1. The van der Waals surface area contributed by atoms with E-state index in [1.54, 1.807) is 17.0 Å². The minimum Gasteiger partial charge on any atom is -0.379 e. The minimum atomic E-state index is -0.130. The van der Waals surface area contributed by atoms with Gasteiger partial charge in [-0.15, -0.1) is 0 Å². The third kappa shape index (κ3) is 2.38. The summed E-state index contributed by atoms with van der Waals surface area (Å²) < 4.78 is 3.65. The van der Waals surface area contributed by atoms with Crippen molar-refractivity contribution in [3.63, 3.8) is 0 Å². The van der Waals surface area contributed by atoms with Gasteiger partial charge in [-0.1, -0.05) is 0 Å². The normalized spacial score (nSPS) is 10.7. The van der Waals surface area contributed by atoms with E-state index >= 15 is 0 Å². The van der Waals surface area contributed by atoms with E-state index in [-0.39, 0.29) is 5.69 Å². The monoisotopic (exact) mass is 268 g/mol. The second-order valence-corrected chi connectivity index (χ2v) is 4.65. The van der Waals surface area contributed by atoms with Crippen LogP contribution in [0.5, 0.6) is 0 Å². The molecule has 0 bridgehead atoms. The van der Waals surface area contributed by atoms with Gasteiger partial charge >= 0.3 is 5.69 Å². The maximum Gasteiger partial charge on any atom is 0.330 e. The maximum absolute atomic E-state index is 11.5. The van der Waals surface area contributed by atoms with Gasteiger partial charge in [-0.3, -0.25) is 4.57 Å². The van der Waals surface area contributed by atoms with Crippen molar-refractivity contribution in [2.75, 3.05) is 5.32 Å². The Morgan fingerprint density at radius 1 is 1.15 bits per heavy atom. The van der Waals surface area contributed by atoms with E-state index in [1.165, 1.54) is 5.69 Å². The van der Waals surface area contributed by atoms with Gasteiger partial charge in [-0.2, -0.15) is 0 Å². The Hall–Kier alpha value is -2.69. The minimum absolute atomic E-state index is 0.130. The number of imidazole rings is 1. The predicted octanol–water partition coefficient (Wildman–Crippen LogP) is 2.12. The lowest BCUT2D eigenvalue weighted by molar-refractivity contribution is 0.842. The smallest absolute Gasteiger partial charge is 0.330 e. The van der Waals surface area contributed by atoms with Crippen LogP contribution in [0.1, 0.15) is 5.69 Å². The summed E-state index contributed by atoms with van der Waals surface area (Å²) in [4.78, 5) is 14.1. The molecular formula is C15H16N4O. The van der Waals surface area contributed by atoms with Crippen LogP contribution in [0.2, 0.25) is 0 Å². The number of nitrogens with one attached hydrogen (secondary N) is 2. The van der Waals surface area contributed by atoms with E-state index in [2.05, 4.69) is 20.9 Å². The van der Waals surface area contributed by atoms with Crippen LogP contribution in [-0.2, 0) is 13.6 Å². The fourth-order valence-corrected chi connectivity index (χ4v) is 2.14. The van der Waals surface area contributed by atoms with Gasteiger partial charge in [0.1, 0.15) is 0 Å². The number of aromatic amines is 1. The molecule has 0 unspecified atom stereocenters. The van der Waals surface area contributed by atoms with Crippen LogP contribution in [0.3, 0.4) is 0 Å². The molecule has 3 aromatic rings. The van der Waals surface area contributed by atoms with Crippen molar-refractivity contribution in [3.8, 4) is 5.69 Å². The fraction of sp³-hybridized carbons (Fsp3) is 0.133. The van der Waals surface area contributed by atoms with Crippen molar-refractivity contribution < 1.29 is 0 Å². The molecule has 5 nitrogen and oxygen atoms in total. The zero-order valence-electron chi connectivity index (χ0n) is 11.2. The molecule has 0 spiro atoms. The zero-order valence-corrected chi connectivity index (χ0v) is 11.2. The molecule has 0 saturated carbocycles. The molecule has 0 aliphatic rings. The second kappa shape index (κ2) is 5.13. The van der Waals surface area contributed by atoms with E-state index in [9.17, 15) is 4.79 Å². The lowest BCUT2D eigenvalue weighted by Crippen LogP contribution is -2.13. The number of aromatic nitrogens is 3. The van der Waals surface area contributed by atoms with Crippen molar-refractivity contribution in [1.82, 2.24) is 14.1 Å². The van der Waals surface area contributed by atoms with Crippen LogP contribution in [0, 0.1) is 0 Å². The maximum atomic E-state index is 11.5. The average Bonchev–Trinajstić information content (AvgIpc) is 3.06. The molecule has 0 aliphatic heterocycles.